The maximum absolute atomic E-state index is 12.8. The predicted octanol–water partition coefficient (Wildman–Crippen LogP) is 4.80. The molecule has 0 N–H and O–H groups in total. The summed E-state index contributed by atoms with van der Waals surface area (Å²) < 4.78 is 7.26. The van der Waals surface area contributed by atoms with E-state index >= 15 is 0 Å². The Kier molecular flexibility index (Phi) is 3.74. The lowest BCUT2D eigenvalue weighted by atomic mass is 10.0. The summed E-state index contributed by atoms with van der Waals surface area (Å²) in [6, 6.07) is 3.34. The Hall–Kier alpha value is -2.11. The van der Waals surface area contributed by atoms with Gasteiger partial charge in [0.25, 0.3) is 0 Å². The number of hydrogen-bond donors (Lipinski definition) is 0. The molecule has 0 radical (unpaired) electrons. The first kappa shape index (κ1) is 16.4. The van der Waals surface area contributed by atoms with Gasteiger partial charge in [-0.1, -0.05) is 36.5 Å². The molecule has 0 atom stereocenters. The summed E-state index contributed by atoms with van der Waals surface area (Å²) in [6.07, 6.45) is 1.53. The van der Waals surface area contributed by atoms with Gasteiger partial charge in [-0.25, -0.2) is 9.78 Å². The number of fused-ring (bicyclic) bond motifs is 5. The van der Waals surface area contributed by atoms with Gasteiger partial charge in [0.2, 0.25) is 0 Å². The Morgan fingerprint density at radius 1 is 1.20 bits per heavy atom. The monoisotopic (exact) mass is 375 g/mol. The number of aromatic nitrogens is 3. The van der Waals surface area contributed by atoms with Crippen molar-refractivity contribution in [3.8, 4) is 0 Å². The zero-order valence-electron chi connectivity index (χ0n) is 14.0. The Morgan fingerprint density at radius 3 is 2.68 bits per heavy atom. The van der Waals surface area contributed by atoms with Crippen LogP contribution in [0.15, 0.2) is 21.3 Å². The molecule has 0 aliphatic carbocycles. The fourth-order valence-electron chi connectivity index (χ4n) is 3.42. The van der Waals surface area contributed by atoms with Crippen molar-refractivity contribution in [1.82, 2.24) is 14.8 Å². The molecule has 0 aliphatic heterocycles. The Labute approximate surface area is 153 Å². The van der Waals surface area contributed by atoms with Crippen LogP contribution in [0.5, 0.6) is 0 Å². The van der Waals surface area contributed by atoms with Crippen molar-refractivity contribution in [2.75, 3.05) is 0 Å². The summed E-state index contributed by atoms with van der Waals surface area (Å²) in [6.45, 7) is 3.94. The van der Waals surface area contributed by atoms with Gasteiger partial charge >= 0.3 is 5.63 Å². The van der Waals surface area contributed by atoms with Crippen LogP contribution in [0.4, 0.5) is 0 Å². The quantitative estimate of drug-likeness (QED) is 0.373. The molecule has 0 aliphatic rings. The van der Waals surface area contributed by atoms with Crippen molar-refractivity contribution in [3.63, 3.8) is 0 Å². The molecule has 0 amide bonds. The number of halogens is 2. The van der Waals surface area contributed by atoms with Crippen molar-refractivity contribution < 1.29 is 4.42 Å². The summed E-state index contributed by atoms with van der Waals surface area (Å²) in [7, 11) is 1.84. The second kappa shape index (κ2) is 5.71. The van der Waals surface area contributed by atoms with E-state index in [1.165, 1.54) is 0 Å². The first-order valence-electron chi connectivity index (χ1n) is 8.00. The number of benzene rings is 1. The van der Waals surface area contributed by atoms with Crippen molar-refractivity contribution in [1.29, 1.82) is 0 Å². The maximum Gasteiger partial charge on any atom is 0.346 e. The van der Waals surface area contributed by atoms with E-state index in [0.717, 1.165) is 28.5 Å². The maximum atomic E-state index is 12.8. The van der Waals surface area contributed by atoms with Gasteiger partial charge in [-0.3, -0.25) is 4.68 Å². The second-order valence-corrected chi connectivity index (χ2v) is 6.96. The molecule has 0 saturated heterocycles. The van der Waals surface area contributed by atoms with Crippen molar-refractivity contribution in [2.45, 2.75) is 26.7 Å². The lowest BCUT2D eigenvalue weighted by molar-refractivity contribution is 0.569. The molecule has 3 heterocycles. The van der Waals surface area contributed by atoms with Gasteiger partial charge in [0, 0.05) is 22.8 Å². The van der Waals surface area contributed by atoms with Gasteiger partial charge in [0.15, 0.2) is 11.2 Å². The van der Waals surface area contributed by atoms with Crippen LogP contribution < -0.4 is 5.63 Å². The van der Waals surface area contributed by atoms with Gasteiger partial charge in [-0.2, -0.15) is 5.10 Å². The molecule has 0 unspecified atom stereocenters. The summed E-state index contributed by atoms with van der Waals surface area (Å²) in [4.78, 5) is 17.5. The standard InChI is InChI=1S/C18H15Cl2N3O2/c1-4-5-12-15-14(13-8(2)22-23(3)17(13)21-12)10-6-9(19)7-11(20)16(10)25-18(15)24/h6-7H,4-5H2,1-3H3. The van der Waals surface area contributed by atoms with Gasteiger partial charge in [0.1, 0.15) is 0 Å². The van der Waals surface area contributed by atoms with Gasteiger partial charge in [-0.15, -0.1) is 0 Å². The minimum atomic E-state index is -0.437. The molecule has 0 spiro atoms. The molecule has 4 rings (SSSR count). The van der Waals surface area contributed by atoms with E-state index in [9.17, 15) is 4.79 Å². The number of aryl methyl sites for hydroxylation is 3. The van der Waals surface area contributed by atoms with Gasteiger partial charge in [-0.05, 0) is 25.5 Å². The Morgan fingerprint density at radius 2 is 1.96 bits per heavy atom. The Balaban J connectivity index is 2.41. The van der Waals surface area contributed by atoms with Crippen LogP contribution in [-0.2, 0) is 13.5 Å². The molecular formula is C18H15Cl2N3O2. The molecule has 0 fully saturated rings. The van der Waals surface area contributed by atoms with Crippen LogP contribution in [0, 0.1) is 6.92 Å². The van der Waals surface area contributed by atoms with Crippen molar-refractivity contribution in [2.24, 2.45) is 7.05 Å². The summed E-state index contributed by atoms with van der Waals surface area (Å²) in [5.74, 6) is 0. The molecule has 4 aromatic rings. The SMILES string of the molecule is CCCc1nc2c(c(C)nn2C)c2c1c(=O)oc1c(Cl)cc(Cl)cc12. The highest BCUT2D eigenvalue weighted by atomic mass is 35.5. The van der Waals surface area contributed by atoms with Crippen LogP contribution >= 0.6 is 23.2 Å². The predicted molar refractivity (Wildman–Crippen MR) is 101 cm³/mol. The molecule has 7 heteroatoms. The average Bonchev–Trinajstić information content (AvgIpc) is 2.83. The number of rotatable bonds is 2. The molecule has 1 aromatic carbocycles. The van der Waals surface area contributed by atoms with Gasteiger partial charge in [0.05, 0.1) is 27.2 Å². The van der Waals surface area contributed by atoms with E-state index in [2.05, 4.69) is 5.10 Å². The van der Waals surface area contributed by atoms with Crippen LogP contribution in [-0.4, -0.2) is 14.8 Å². The van der Waals surface area contributed by atoms with Crippen molar-refractivity contribution in [3.05, 3.63) is 44.0 Å². The highest BCUT2D eigenvalue weighted by Gasteiger charge is 2.21. The van der Waals surface area contributed by atoms with E-state index in [1.54, 1.807) is 16.8 Å². The van der Waals surface area contributed by atoms with Crippen LogP contribution in [0.1, 0.15) is 24.7 Å². The fourth-order valence-corrected chi connectivity index (χ4v) is 3.95. The first-order chi connectivity index (χ1) is 11.9. The Bertz CT molecular complexity index is 1220. The zero-order chi connectivity index (χ0) is 17.9. The third kappa shape index (κ3) is 2.34. The van der Waals surface area contributed by atoms with Crippen LogP contribution in [0.2, 0.25) is 10.0 Å². The average molecular weight is 376 g/mol. The summed E-state index contributed by atoms with van der Waals surface area (Å²) in [5.41, 5.74) is 2.13. The lowest BCUT2D eigenvalue weighted by Gasteiger charge is -2.10. The number of pyridine rings is 1. The summed E-state index contributed by atoms with van der Waals surface area (Å²) >= 11 is 12.5. The highest BCUT2D eigenvalue weighted by Crippen LogP contribution is 2.36. The van der Waals surface area contributed by atoms with E-state index in [4.69, 9.17) is 32.6 Å². The fraction of sp³-hybridized carbons (Fsp3) is 0.278. The third-order valence-corrected chi connectivity index (χ3v) is 4.88. The topological polar surface area (TPSA) is 60.9 Å². The lowest BCUT2D eigenvalue weighted by Crippen LogP contribution is -2.07. The number of nitrogens with zero attached hydrogens (tertiary/aromatic N) is 3. The van der Waals surface area contributed by atoms with E-state index in [1.807, 2.05) is 20.9 Å². The molecule has 5 nitrogen and oxygen atoms in total. The minimum absolute atomic E-state index is 0.310. The molecule has 128 valence electrons. The van der Waals surface area contributed by atoms with Crippen molar-refractivity contribution >= 4 is 56.0 Å². The number of hydrogen-bond acceptors (Lipinski definition) is 4. The molecule has 25 heavy (non-hydrogen) atoms. The molecule has 0 bridgehead atoms. The normalized spacial score (nSPS) is 11.9. The summed E-state index contributed by atoms with van der Waals surface area (Å²) in [5, 5.41) is 8.04. The molecule has 3 aromatic heterocycles. The smallest absolute Gasteiger partial charge is 0.346 e. The third-order valence-electron chi connectivity index (χ3n) is 4.38. The van der Waals surface area contributed by atoms with E-state index < -0.39 is 5.63 Å². The highest BCUT2D eigenvalue weighted by molar-refractivity contribution is 6.39. The van der Waals surface area contributed by atoms with Crippen LogP contribution in [0.3, 0.4) is 0 Å². The zero-order valence-corrected chi connectivity index (χ0v) is 15.5. The minimum Gasteiger partial charge on any atom is -0.421 e. The largest absolute Gasteiger partial charge is 0.421 e. The van der Waals surface area contributed by atoms with E-state index in [-0.39, 0.29) is 0 Å². The van der Waals surface area contributed by atoms with E-state index in [0.29, 0.717) is 38.5 Å². The second-order valence-electron chi connectivity index (χ2n) is 6.12. The first-order valence-corrected chi connectivity index (χ1v) is 8.75. The molecular weight excluding hydrogens is 361 g/mol. The molecule has 0 saturated carbocycles. The van der Waals surface area contributed by atoms with Gasteiger partial charge < -0.3 is 4.42 Å². The van der Waals surface area contributed by atoms with Crippen LogP contribution in [0.25, 0.3) is 32.8 Å².